The van der Waals surface area contributed by atoms with Gasteiger partial charge in [0.25, 0.3) is 11.8 Å². The van der Waals surface area contributed by atoms with Crippen molar-refractivity contribution in [1.82, 2.24) is 0 Å². The van der Waals surface area contributed by atoms with Crippen molar-refractivity contribution in [1.29, 1.82) is 0 Å². The van der Waals surface area contributed by atoms with Crippen LogP contribution in [0.15, 0.2) is 72.4 Å². The van der Waals surface area contributed by atoms with Gasteiger partial charge in [0.1, 0.15) is 11.5 Å². The number of rotatable bonds is 4. The van der Waals surface area contributed by atoms with Crippen molar-refractivity contribution in [3.63, 3.8) is 0 Å². The first-order chi connectivity index (χ1) is 14.3. The Labute approximate surface area is 178 Å². The molecule has 1 aliphatic heterocycles. The van der Waals surface area contributed by atoms with E-state index in [0.717, 1.165) is 22.1 Å². The third kappa shape index (κ3) is 3.60. The molecule has 2 amide bonds. The van der Waals surface area contributed by atoms with Crippen LogP contribution in [0, 0.1) is 19.7 Å². The average Bonchev–Trinajstić information content (AvgIpc) is 2.94. The molecule has 0 unspecified atom stereocenters. The Kier molecular flexibility index (Phi) is 5.14. The van der Waals surface area contributed by atoms with Crippen LogP contribution in [0.5, 0.6) is 0 Å². The molecule has 0 spiro atoms. The summed E-state index contributed by atoms with van der Waals surface area (Å²) in [5.74, 6) is -1.60. The Hall–Kier alpha value is -3.44. The molecule has 1 aliphatic rings. The number of amides is 2. The lowest BCUT2D eigenvalue weighted by molar-refractivity contribution is -0.120. The quantitative estimate of drug-likeness (QED) is 0.567. The van der Waals surface area contributed by atoms with E-state index in [0.29, 0.717) is 16.3 Å². The zero-order chi connectivity index (χ0) is 21.4. The van der Waals surface area contributed by atoms with Crippen LogP contribution in [-0.2, 0) is 9.59 Å². The number of nitrogens with one attached hydrogen (secondary N) is 1. The highest BCUT2D eigenvalue weighted by Crippen LogP contribution is 2.35. The first-order valence-corrected chi connectivity index (χ1v) is 9.72. The Bertz CT molecular complexity index is 1200. The van der Waals surface area contributed by atoms with Crippen molar-refractivity contribution in [2.75, 3.05) is 10.2 Å². The molecule has 0 saturated carbocycles. The maximum Gasteiger partial charge on any atom is 0.282 e. The Morgan fingerprint density at radius 1 is 0.900 bits per heavy atom. The number of aryl methyl sites for hydroxylation is 2. The molecule has 6 heteroatoms. The van der Waals surface area contributed by atoms with Gasteiger partial charge in [0.15, 0.2) is 0 Å². The van der Waals surface area contributed by atoms with Crippen LogP contribution >= 0.6 is 11.6 Å². The van der Waals surface area contributed by atoms with E-state index in [1.165, 1.54) is 18.2 Å². The standard InChI is InChI=1S/C24H18ClFN2O2/c1-14-6-11-20(15(2)12-14)27-22-21(16-7-9-17(25)10-8-16)23(29)28(24(22)30)19-5-3-4-18(26)13-19/h3-13,27H,1-2H3. The van der Waals surface area contributed by atoms with E-state index in [4.69, 9.17) is 11.6 Å². The number of imide groups is 1. The van der Waals surface area contributed by atoms with Crippen LogP contribution in [0.2, 0.25) is 5.02 Å². The first-order valence-electron chi connectivity index (χ1n) is 9.34. The first kappa shape index (κ1) is 19.9. The SMILES string of the molecule is Cc1ccc(NC2=C(c3ccc(Cl)cc3)C(=O)N(c3cccc(F)c3)C2=O)c(C)c1. The van der Waals surface area contributed by atoms with E-state index in [9.17, 15) is 14.0 Å². The summed E-state index contributed by atoms with van der Waals surface area (Å²) in [6, 6.07) is 17.8. The normalized spacial score (nSPS) is 13.9. The molecule has 30 heavy (non-hydrogen) atoms. The zero-order valence-corrected chi connectivity index (χ0v) is 17.1. The van der Waals surface area contributed by atoms with Crippen LogP contribution in [-0.4, -0.2) is 11.8 Å². The third-order valence-corrected chi connectivity index (χ3v) is 5.18. The van der Waals surface area contributed by atoms with Crippen molar-refractivity contribution < 1.29 is 14.0 Å². The van der Waals surface area contributed by atoms with Gasteiger partial charge in [0.05, 0.1) is 11.3 Å². The highest BCUT2D eigenvalue weighted by atomic mass is 35.5. The van der Waals surface area contributed by atoms with Crippen LogP contribution in [0.4, 0.5) is 15.8 Å². The summed E-state index contributed by atoms with van der Waals surface area (Å²) >= 11 is 5.99. The van der Waals surface area contributed by atoms with E-state index in [2.05, 4.69) is 5.32 Å². The minimum absolute atomic E-state index is 0.138. The van der Waals surface area contributed by atoms with E-state index in [-0.39, 0.29) is 17.0 Å². The monoisotopic (exact) mass is 420 g/mol. The largest absolute Gasteiger partial charge is 0.350 e. The van der Waals surface area contributed by atoms with Crippen molar-refractivity contribution in [2.45, 2.75) is 13.8 Å². The number of benzene rings is 3. The smallest absolute Gasteiger partial charge is 0.282 e. The summed E-state index contributed by atoms with van der Waals surface area (Å²) in [6.07, 6.45) is 0. The molecule has 0 atom stereocenters. The molecule has 0 saturated heterocycles. The summed E-state index contributed by atoms with van der Waals surface area (Å²) < 4.78 is 13.8. The van der Waals surface area contributed by atoms with Crippen molar-refractivity contribution in [3.8, 4) is 0 Å². The molecule has 1 heterocycles. The number of hydrogen-bond donors (Lipinski definition) is 1. The van der Waals surface area contributed by atoms with Crippen LogP contribution in [0.25, 0.3) is 5.57 Å². The van der Waals surface area contributed by atoms with Crippen LogP contribution < -0.4 is 10.2 Å². The van der Waals surface area contributed by atoms with Gasteiger partial charge in [0, 0.05) is 10.7 Å². The van der Waals surface area contributed by atoms with Gasteiger partial charge in [-0.15, -0.1) is 0 Å². The third-order valence-electron chi connectivity index (χ3n) is 4.92. The molecule has 150 valence electrons. The predicted octanol–water partition coefficient (Wildman–Crippen LogP) is 5.49. The van der Waals surface area contributed by atoms with Gasteiger partial charge in [-0.2, -0.15) is 0 Å². The van der Waals surface area contributed by atoms with Crippen molar-refractivity contribution in [3.05, 3.63) is 100.0 Å². The fourth-order valence-electron chi connectivity index (χ4n) is 3.47. The second-order valence-corrected chi connectivity index (χ2v) is 7.56. The molecular weight excluding hydrogens is 403 g/mol. The lowest BCUT2D eigenvalue weighted by Crippen LogP contribution is -2.32. The molecule has 3 aromatic carbocycles. The van der Waals surface area contributed by atoms with Gasteiger partial charge < -0.3 is 5.32 Å². The maximum absolute atomic E-state index is 13.8. The fourth-order valence-corrected chi connectivity index (χ4v) is 3.59. The molecule has 0 fully saturated rings. The summed E-state index contributed by atoms with van der Waals surface area (Å²) in [5.41, 5.74) is 3.80. The predicted molar refractivity (Wildman–Crippen MR) is 117 cm³/mol. The molecule has 1 N–H and O–H groups in total. The van der Waals surface area contributed by atoms with Gasteiger partial charge in [-0.3, -0.25) is 9.59 Å². The summed E-state index contributed by atoms with van der Waals surface area (Å²) in [6.45, 7) is 3.90. The lowest BCUT2D eigenvalue weighted by atomic mass is 10.0. The van der Waals surface area contributed by atoms with Crippen LogP contribution in [0.3, 0.4) is 0 Å². The lowest BCUT2D eigenvalue weighted by Gasteiger charge is -2.16. The second-order valence-electron chi connectivity index (χ2n) is 7.13. The molecule has 0 bridgehead atoms. The minimum atomic E-state index is -0.546. The summed E-state index contributed by atoms with van der Waals surface area (Å²) in [4.78, 5) is 27.6. The van der Waals surface area contributed by atoms with Gasteiger partial charge in [-0.1, -0.05) is 47.5 Å². The topological polar surface area (TPSA) is 49.4 Å². The van der Waals surface area contributed by atoms with E-state index in [1.807, 2.05) is 32.0 Å². The van der Waals surface area contributed by atoms with Crippen molar-refractivity contribution >= 4 is 40.4 Å². The molecule has 4 rings (SSSR count). The number of anilines is 2. The maximum atomic E-state index is 13.8. The highest BCUT2D eigenvalue weighted by molar-refractivity contribution is 6.46. The molecule has 0 radical (unpaired) electrons. The number of halogens is 2. The van der Waals surface area contributed by atoms with Gasteiger partial charge in [-0.25, -0.2) is 9.29 Å². The van der Waals surface area contributed by atoms with Gasteiger partial charge in [-0.05, 0) is 61.4 Å². The van der Waals surface area contributed by atoms with E-state index < -0.39 is 17.6 Å². The molecule has 4 nitrogen and oxygen atoms in total. The fraction of sp³-hybridized carbons (Fsp3) is 0.0833. The highest BCUT2D eigenvalue weighted by Gasteiger charge is 2.40. The Morgan fingerprint density at radius 3 is 2.30 bits per heavy atom. The van der Waals surface area contributed by atoms with Gasteiger partial charge in [0.2, 0.25) is 0 Å². The zero-order valence-electron chi connectivity index (χ0n) is 16.4. The second kappa shape index (κ2) is 7.76. The number of carbonyl (C=O) groups excluding carboxylic acids is 2. The summed E-state index contributed by atoms with van der Waals surface area (Å²) in [7, 11) is 0. The Balaban J connectivity index is 1.84. The average molecular weight is 421 g/mol. The Morgan fingerprint density at radius 2 is 1.63 bits per heavy atom. The number of carbonyl (C=O) groups is 2. The summed E-state index contributed by atoms with van der Waals surface area (Å²) in [5, 5.41) is 3.65. The minimum Gasteiger partial charge on any atom is -0.350 e. The molecule has 0 aromatic heterocycles. The number of hydrogen-bond acceptors (Lipinski definition) is 3. The van der Waals surface area contributed by atoms with Gasteiger partial charge >= 0.3 is 0 Å². The van der Waals surface area contributed by atoms with Crippen LogP contribution in [0.1, 0.15) is 16.7 Å². The van der Waals surface area contributed by atoms with E-state index in [1.54, 1.807) is 24.3 Å². The molecule has 0 aliphatic carbocycles. The number of nitrogens with zero attached hydrogens (tertiary/aromatic N) is 1. The van der Waals surface area contributed by atoms with E-state index >= 15 is 0 Å². The van der Waals surface area contributed by atoms with Crippen molar-refractivity contribution in [2.24, 2.45) is 0 Å². The molecular formula is C24H18ClFN2O2. The molecule has 3 aromatic rings.